The van der Waals surface area contributed by atoms with Crippen molar-refractivity contribution < 1.29 is 18.5 Å². The van der Waals surface area contributed by atoms with Gasteiger partial charge in [-0.1, -0.05) is 13.3 Å². The molecule has 0 aliphatic rings. The van der Waals surface area contributed by atoms with Crippen molar-refractivity contribution in [2.24, 2.45) is 0 Å². The van der Waals surface area contributed by atoms with E-state index in [9.17, 15) is 23.7 Å². The van der Waals surface area contributed by atoms with E-state index in [-0.39, 0.29) is 0 Å². The largest absolute Gasteiger partial charge is 0.347 e. The Balaban J connectivity index is 3.16. The zero-order valence-corrected chi connectivity index (χ0v) is 11.5. The minimum Gasteiger partial charge on any atom is -0.347 e. The van der Waals surface area contributed by atoms with Crippen LogP contribution in [0, 0.1) is 21.7 Å². The van der Waals surface area contributed by atoms with Crippen molar-refractivity contribution in [2.45, 2.75) is 39.2 Å². The van der Waals surface area contributed by atoms with E-state index in [0.717, 1.165) is 6.42 Å². The number of rotatable bonds is 5. The number of nitrogens with zero attached hydrogens (tertiary/aromatic N) is 1. The van der Waals surface area contributed by atoms with E-state index in [1.165, 1.54) is 0 Å². The molecule has 0 atom stereocenters. The van der Waals surface area contributed by atoms with Crippen LogP contribution in [0.15, 0.2) is 12.1 Å². The fourth-order valence-electron chi connectivity index (χ4n) is 1.95. The molecule has 0 saturated heterocycles. The van der Waals surface area contributed by atoms with Crippen LogP contribution >= 0.6 is 0 Å². The first kappa shape index (κ1) is 16.0. The van der Waals surface area contributed by atoms with Crippen LogP contribution < -0.4 is 5.32 Å². The average molecular weight is 286 g/mol. The molecule has 0 fully saturated rings. The van der Waals surface area contributed by atoms with Gasteiger partial charge in [0.25, 0.3) is 5.91 Å². The van der Waals surface area contributed by atoms with Gasteiger partial charge < -0.3 is 5.32 Å². The summed E-state index contributed by atoms with van der Waals surface area (Å²) in [6, 6.07) is 1.40. The molecule has 0 aliphatic heterocycles. The van der Waals surface area contributed by atoms with Crippen molar-refractivity contribution in [1.29, 1.82) is 0 Å². The number of amides is 1. The third kappa shape index (κ3) is 3.49. The number of benzene rings is 1. The molecule has 5 nitrogen and oxygen atoms in total. The molecule has 0 aromatic heterocycles. The number of halogens is 2. The molecule has 0 unspecified atom stereocenters. The van der Waals surface area contributed by atoms with E-state index >= 15 is 0 Å². The molecule has 0 heterocycles. The van der Waals surface area contributed by atoms with Crippen LogP contribution in [-0.2, 0) is 0 Å². The molecule has 0 spiro atoms. The minimum atomic E-state index is -1.46. The number of carbonyl (C=O) groups is 1. The maximum atomic E-state index is 13.9. The van der Waals surface area contributed by atoms with Gasteiger partial charge in [-0.25, -0.2) is 4.39 Å². The highest BCUT2D eigenvalue weighted by Gasteiger charge is 2.29. The number of hydrogen-bond acceptors (Lipinski definition) is 3. The van der Waals surface area contributed by atoms with Crippen molar-refractivity contribution in [3.8, 4) is 0 Å². The number of nitro groups is 1. The van der Waals surface area contributed by atoms with E-state index < -0.39 is 39.3 Å². The molecule has 0 saturated carbocycles. The van der Waals surface area contributed by atoms with E-state index in [1.807, 2.05) is 6.92 Å². The van der Waals surface area contributed by atoms with E-state index in [4.69, 9.17) is 0 Å². The van der Waals surface area contributed by atoms with Crippen molar-refractivity contribution in [2.75, 3.05) is 0 Å². The lowest BCUT2D eigenvalue weighted by Crippen LogP contribution is -2.43. The summed E-state index contributed by atoms with van der Waals surface area (Å²) >= 11 is 0. The second kappa shape index (κ2) is 5.94. The fraction of sp³-hybridized carbons (Fsp3) is 0.462. The maximum Gasteiger partial charge on any atom is 0.305 e. The number of carbonyl (C=O) groups excluding carboxylic acids is 1. The summed E-state index contributed by atoms with van der Waals surface area (Å²) in [5.41, 5.74) is -2.51. The maximum absolute atomic E-state index is 13.9. The lowest BCUT2D eigenvalue weighted by molar-refractivity contribution is -0.387. The molecule has 1 N–H and O–H groups in total. The predicted octanol–water partition coefficient (Wildman–Crippen LogP) is 3.18. The van der Waals surface area contributed by atoms with Crippen LogP contribution in [-0.4, -0.2) is 16.4 Å². The van der Waals surface area contributed by atoms with Gasteiger partial charge in [-0.05, 0) is 26.3 Å². The summed E-state index contributed by atoms with van der Waals surface area (Å²) in [4.78, 5) is 21.5. The highest BCUT2D eigenvalue weighted by atomic mass is 19.1. The number of hydrogen-bond donors (Lipinski definition) is 1. The Labute approximate surface area is 115 Å². The smallest absolute Gasteiger partial charge is 0.305 e. The van der Waals surface area contributed by atoms with Crippen molar-refractivity contribution in [3.63, 3.8) is 0 Å². The highest BCUT2D eigenvalue weighted by Crippen LogP contribution is 2.24. The molecule has 20 heavy (non-hydrogen) atoms. The molecule has 0 radical (unpaired) electrons. The summed E-state index contributed by atoms with van der Waals surface area (Å²) in [6.07, 6.45) is 1.38. The van der Waals surface area contributed by atoms with Gasteiger partial charge in [0.05, 0.1) is 4.92 Å². The molecule has 7 heteroatoms. The Morgan fingerprint density at radius 2 is 2.00 bits per heavy atom. The van der Waals surface area contributed by atoms with Crippen molar-refractivity contribution >= 4 is 11.6 Å². The summed E-state index contributed by atoms with van der Waals surface area (Å²) < 4.78 is 27.4. The quantitative estimate of drug-likeness (QED) is 0.667. The molecular formula is C13H16F2N2O3. The van der Waals surface area contributed by atoms with Gasteiger partial charge in [-0.3, -0.25) is 14.9 Å². The van der Waals surface area contributed by atoms with E-state index in [2.05, 4.69) is 5.32 Å². The van der Waals surface area contributed by atoms with Crippen LogP contribution in [0.3, 0.4) is 0 Å². The number of nitro benzene ring substituents is 1. The summed E-state index contributed by atoms with van der Waals surface area (Å²) in [5, 5.41) is 13.1. The van der Waals surface area contributed by atoms with Gasteiger partial charge in [0.2, 0.25) is 5.82 Å². The predicted molar refractivity (Wildman–Crippen MR) is 69.5 cm³/mol. The minimum absolute atomic E-state index is 0.608. The first-order valence-electron chi connectivity index (χ1n) is 6.14. The van der Waals surface area contributed by atoms with E-state index in [0.29, 0.717) is 18.6 Å². The lowest BCUT2D eigenvalue weighted by Gasteiger charge is -2.25. The third-order valence-electron chi connectivity index (χ3n) is 2.82. The summed E-state index contributed by atoms with van der Waals surface area (Å²) in [5.74, 6) is -3.58. The zero-order valence-electron chi connectivity index (χ0n) is 11.5. The van der Waals surface area contributed by atoms with E-state index in [1.54, 1.807) is 13.8 Å². The number of nitrogens with one attached hydrogen (secondary N) is 1. The third-order valence-corrected chi connectivity index (χ3v) is 2.82. The summed E-state index contributed by atoms with van der Waals surface area (Å²) in [7, 11) is 0. The molecule has 0 bridgehead atoms. The topological polar surface area (TPSA) is 72.2 Å². The monoisotopic (exact) mass is 286 g/mol. The fourth-order valence-corrected chi connectivity index (χ4v) is 1.95. The lowest BCUT2D eigenvalue weighted by atomic mass is 9.98. The Hall–Kier alpha value is -2.05. The first-order valence-corrected chi connectivity index (χ1v) is 6.14. The zero-order chi connectivity index (χ0) is 15.5. The standard InChI is InChI=1S/C13H16F2N2O3/c1-4-7-13(2,3)16-12(18)10-8(14)5-6-9(11(10)15)17(19)20/h5-6H,4,7H2,1-3H3,(H,16,18). The molecule has 0 aliphatic carbocycles. The SMILES string of the molecule is CCCC(C)(C)NC(=O)c1c(F)ccc([N+](=O)[O-])c1F. The first-order chi connectivity index (χ1) is 9.19. The van der Waals surface area contributed by atoms with Crippen LogP contribution in [0.5, 0.6) is 0 Å². The van der Waals surface area contributed by atoms with Crippen LogP contribution in [0.1, 0.15) is 44.0 Å². The van der Waals surface area contributed by atoms with Gasteiger partial charge in [0, 0.05) is 11.6 Å². The molecule has 1 aromatic rings. The molecule has 110 valence electrons. The second-order valence-electron chi connectivity index (χ2n) is 5.10. The average Bonchev–Trinajstić information content (AvgIpc) is 2.27. The van der Waals surface area contributed by atoms with Gasteiger partial charge in [-0.2, -0.15) is 4.39 Å². The normalized spacial score (nSPS) is 11.2. The van der Waals surface area contributed by atoms with Gasteiger partial charge in [0.15, 0.2) is 0 Å². The Bertz CT molecular complexity index is 545. The Kier molecular flexibility index (Phi) is 4.75. The highest BCUT2D eigenvalue weighted by molar-refractivity contribution is 5.95. The molecule has 1 aromatic carbocycles. The Morgan fingerprint density at radius 3 is 2.50 bits per heavy atom. The summed E-state index contributed by atoms with van der Waals surface area (Å²) in [6.45, 7) is 5.32. The molecule has 1 rings (SSSR count). The molecule has 1 amide bonds. The van der Waals surface area contributed by atoms with Gasteiger partial charge >= 0.3 is 5.69 Å². The van der Waals surface area contributed by atoms with Crippen LogP contribution in [0.4, 0.5) is 14.5 Å². The van der Waals surface area contributed by atoms with Crippen LogP contribution in [0.25, 0.3) is 0 Å². The van der Waals surface area contributed by atoms with Crippen molar-refractivity contribution in [1.82, 2.24) is 5.32 Å². The molecular weight excluding hydrogens is 270 g/mol. The van der Waals surface area contributed by atoms with Crippen LogP contribution in [0.2, 0.25) is 0 Å². The Morgan fingerprint density at radius 1 is 1.40 bits per heavy atom. The van der Waals surface area contributed by atoms with Crippen molar-refractivity contribution in [3.05, 3.63) is 39.4 Å². The second-order valence-corrected chi connectivity index (χ2v) is 5.10. The van der Waals surface area contributed by atoms with Gasteiger partial charge in [0.1, 0.15) is 11.4 Å². The van der Waals surface area contributed by atoms with Gasteiger partial charge in [-0.15, -0.1) is 0 Å².